The molecule has 0 fully saturated rings. The number of thiazole rings is 1. The molecule has 0 spiro atoms. The second-order valence-corrected chi connectivity index (χ2v) is 4.44. The summed E-state index contributed by atoms with van der Waals surface area (Å²) in [5.41, 5.74) is 7.50. The number of hydrogen-bond donors (Lipinski definition) is 2. The Balaban J connectivity index is 2.18. The van der Waals surface area contributed by atoms with Gasteiger partial charge in [0.05, 0.1) is 5.69 Å². The van der Waals surface area contributed by atoms with Crippen molar-refractivity contribution in [2.75, 3.05) is 6.54 Å². The van der Waals surface area contributed by atoms with Crippen LogP contribution in [-0.4, -0.2) is 16.6 Å². The Hall–Kier alpha value is -1.39. The number of nitrogens with two attached hydrogens (primary N) is 1. The Morgan fingerprint density at radius 1 is 1.38 bits per heavy atom. The summed E-state index contributed by atoms with van der Waals surface area (Å²) in [6, 6.07) is 7.16. The van der Waals surface area contributed by atoms with Crippen molar-refractivity contribution in [1.29, 1.82) is 0 Å². The van der Waals surface area contributed by atoms with Crippen molar-refractivity contribution in [2.45, 2.75) is 12.8 Å². The Morgan fingerprint density at radius 3 is 3.00 bits per heavy atom. The van der Waals surface area contributed by atoms with Crippen molar-refractivity contribution in [1.82, 2.24) is 4.98 Å². The first-order chi connectivity index (χ1) is 7.79. The van der Waals surface area contributed by atoms with E-state index >= 15 is 0 Å². The van der Waals surface area contributed by atoms with E-state index in [1.165, 1.54) is 0 Å². The molecule has 0 saturated carbocycles. The highest BCUT2D eigenvalue weighted by Gasteiger charge is 2.04. The van der Waals surface area contributed by atoms with Gasteiger partial charge in [0.25, 0.3) is 0 Å². The predicted molar refractivity (Wildman–Crippen MR) is 66.6 cm³/mol. The smallest absolute Gasteiger partial charge is 0.123 e. The number of rotatable bonds is 4. The molecule has 1 aromatic carbocycles. The fraction of sp³-hybridized carbons (Fsp3) is 0.250. The van der Waals surface area contributed by atoms with Crippen LogP contribution in [0.3, 0.4) is 0 Å². The molecule has 2 aromatic rings. The van der Waals surface area contributed by atoms with Gasteiger partial charge in [-0.15, -0.1) is 11.3 Å². The fourth-order valence-corrected chi connectivity index (χ4v) is 2.33. The lowest BCUT2D eigenvalue weighted by Gasteiger charge is -1.97. The topological polar surface area (TPSA) is 59.1 Å². The molecule has 84 valence electrons. The zero-order chi connectivity index (χ0) is 11.4. The maximum absolute atomic E-state index is 9.38. The molecule has 3 N–H and O–H groups in total. The van der Waals surface area contributed by atoms with Gasteiger partial charge in [0.15, 0.2) is 0 Å². The van der Waals surface area contributed by atoms with Gasteiger partial charge < -0.3 is 10.8 Å². The minimum absolute atomic E-state index is 0.274. The maximum Gasteiger partial charge on any atom is 0.123 e. The van der Waals surface area contributed by atoms with Crippen molar-refractivity contribution >= 4 is 11.3 Å². The molecule has 4 heteroatoms. The van der Waals surface area contributed by atoms with Crippen molar-refractivity contribution in [3.05, 3.63) is 35.3 Å². The first kappa shape index (κ1) is 11.1. The van der Waals surface area contributed by atoms with Gasteiger partial charge in [-0.25, -0.2) is 4.98 Å². The van der Waals surface area contributed by atoms with Crippen molar-refractivity contribution in [3.8, 4) is 16.3 Å². The summed E-state index contributed by atoms with van der Waals surface area (Å²) in [4.78, 5) is 4.51. The average molecular weight is 234 g/mol. The molecule has 0 aliphatic carbocycles. The standard InChI is InChI=1S/C12H14N2OS/c13-6-2-4-10-8-16-12(14-10)9-3-1-5-11(15)7-9/h1,3,5,7-8,15H,2,4,6,13H2. The summed E-state index contributed by atoms with van der Waals surface area (Å²) in [7, 11) is 0. The molecule has 0 saturated heterocycles. The van der Waals surface area contributed by atoms with E-state index in [1.54, 1.807) is 23.5 Å². The molecule has 1 aromatic heterocycles. The number of hydrogen-bond acceptors (Lipinski definition) is 4. The number of nitrogens with zero attached hydrogens (tertiary/aromatic N) is 1. The van der Waals surface area contributed by atoms with E-state index < -0.39 is 0 Å². The highest BCUT2D eigenvalue weighted by molar-refractivity contribution is 7.13. The fourth-order valence-electron chi connectivity index (χ4n) is 1.48. The highest BCUT2D eigenvalue weighted by atomic mass is 32.1. The summed E-state index contributed by atoms with van der Waals surface area (Å²) in [6.07, 6.45) is 1.88. The number of phenolic OH excluding ortho intramolecular Hbond substituents is 1. The molecule has 3 nitrogen and oxygen atoms in total. The number of aromatic hydroxyl groups is 1. The molecule has 0 atom stereocenters. The van der Waals surface area contributed by atoms with E-state index in [9.17, 15) is 5.11 Å². The van der Waals surface area contributed by atoms with Crippen LogP contribution in [0.2, 0.25) is 0 Å². The first-order valence-corrected chi connectivity index (χ1v) is 6.11. The van der Waals surface area contributed by atoms with Crippen LogP contribution in [0.5, 0.6) is 5.75 Å². The molecule has 1 heterocycles. The van der Waals surface area contributed by atoms with Crippen LogP contribution in [-0.2, 0) is 6.42 Å². The second kappa shape index (κ2) is 5.09. The third-order valence-electron chi connectivity index (χ3n) is 2.28. The molecule has 0 radical (unpaired) electrons. The number of aromatic nitrogens is 1. The molecule has 0 bridgehead atoms. The summed E-state index contributed by atoms with van der Waals surface area (Å²) in [5, 5.41) is 12.4. The monoisotopic (exact) mass is 234 g/mol. The first-order valence-electron chi connectivity index (χ1n) is 5.23. The Bertz CT molecular complexity index is 468. The molecule has 2 rings (SSSR count). The van der Waals surface area contributed by atoms with Crippen LogP contribution in [0, 0.1) is 0 Å². The number of benzene rings is 1. The molecule has 0 aliphatic rings. The normalized spacial score (nSPS) is 10.6. The van der Waals surface area contributed by atoms with Gasteiger partial charge in [0.2, 0.25) is 0 Å². The van der Waals surface area contributed by atoms with Crippen LogP contribution < -0.4 is 5.73 Å². The summed E-state index contributed by atoms with van der Waals surface area (Å²) in [5.74, 6) is 0.274. The van der Waals surface area contributed by atoms with Gasteiger partial charge in [-0.05, 0) is 31.5 Å². The maximum atomic E-state index is 9.38. The van der Waals surface area contributed by atoms with Crippen molar-refractivity contribution in [2.24, 2.45) is 5.73 Å². The lowest BCUT2D eigenvalue weighted by Crippen LogP contribution is -2.00. The Labute approximate surface area is 98.6 Å². The molecular formula is C12H14N2OS. The van der Waals surface area contributed by atoms with E-state index in [4.69, 9.17) is 5.73 Å². The number of aryl methyl sites for hydroxylation is 1. The Morgan fingerprint density at radius 2 is 2.25 bits per heavy atom. The van der Waals surface area contributed by atoms with E-state index in [0.717, 1.165) is 29.1 Å². The lowest BCUT2D eigenvalue weighted by atomic mass is 10.2. The van der Waals surface area contributed by atoms with Crippen LogP contribution >= 0.6 is 11.3 Å². The van der Waals surface area contributed by atoms with E-state index in [0.29, 0.717) is 6.54 Å². The molecular weight excluding hydrogens is 220 g/mol. The van der Waals surface area contributed by atoms with Crippen LogP contribution in [0.25, 0.3) is 10.6 Å². The summed E-state index contributed by atoms with van der Waals surface area (Å²) >= 11 is 1.60. The lowest BCUT2D eigenvalue weighted by molar-refractivity contribution is 0.475. The zero-order valence-electron chi connectivity index (χ0n) is 8.89. The van der Waals surface area contributed by atoms with Gasteiger partial charge in [0.1, 0.15) is 10.8 Å². The van der Waals surface area contributed by atoms with Crippen molar-refractivity contribution in [3.63, 3.8) is 0 Å². The van der Waals surface area contributed by atoms with Crippen LogP contribution in [0.4, 0.5) is 0 Å². The van der Waals surface area contributed by atoms with Gasteiger partial charge in [0, 0.05) is 10.9 Å². The minimum Gasteiger partial charge on any atom is -0.508 e. The summed E-state index contributed by atoms with van der Waals surface area (Å²) in [6.45, 7) is 0.693. The van der Waals surface area contributed by atoms with Gasteiger partial charge >= 0.3 is 0 Å². The van der Waals surface area contributed by atoms with E-state index in [-0.39, 0.29) is 5.75 Å². The van der Waals surface area contributed by atoms with Crippen LogP contribution in [0.1, 0.15) is 12.1 Å². The van der Waals surface area contributed by atoms with Crippen molar-refractivity contribution < 1.29 is 5.11 Å². The zero-order valence-corrected chi connectivity index (χ0v) is 9.70. The van der Waals surface area contributed by atoms with E-state index in [1.807, 2.05) is 12.1 Å². The predicted octanol–water partition coefficient (Wildman–Crippen LogP) is 2.41. The molecule has 0 unspecified atom stereocenters. The minimum atomic E-state index is 0.274. The van der Waals surface area contributed by atoms with E-state index in [2.05, 4.69) is 10.4 Å². The molecule has 0 aliphatic heterocycles. The van der Waals surface area contributed by atoms with Gasteiger partial charge in [-0.3, -0.25) is 0 Å². The molecule has 0 amide bonds. The SMILES string of the molecule is NCCCc1csc(-c2cccc(O)c2)n1. The number of phenols is 1. The average Bonchev–Trinajstić information content (AvgIpc) is 2.75. The Kier molecular flexibility index (Phi) is 3.54. The second-order valence-electron chi connectivity index (χ2n) is 3.59. The van der Waals surface area contributed by atoms with Gasteiger partial charge in [-0.2, -0.15) is 0 Å². The quantitative estimate of drug-likeness (QED) is 0.854. The highest BCUT2D eigenvalue weighted by Crippen LogP contribution is 2.26. The largest absolute Gasteiger partial charge is 0.508 e. The molecule has 16 heavy (non-hydrogen) atoms. The third-order valence-corrected chi connectivity index (χ3v) is 3.22. The third kappa shape index (κ3) is 2.59. The van der Waals surface area contributed by atoms with Gasteiger partial charge in [-0.1, -0.05) is 12.1 Å². The summed E-state index contributed by atoms with van der Waals surface area (Å²) < 4.78 is 0. The van der Waals surface area contributed by atoms with Crippen LogP contribution in [0.15, 0.2) is 29.6 Å².